The van der Waals surface area contributed by atoms with Gasteiger partial charge in [0.2, 0.25) is 0 Å². The molecule has 122 valence electrons. The summed E-state index contributed by atoms with van der Waals surface area (Å²) >= 11 is 0. The number of carbonyl (C=O) groups is 2. The van der Waals surface area contributed by atoms with E-state index in [1.807, 2.05) is 6.92 Å². The Hall–Kier alpha value is -2.08. The van der Waals surface area contributed by atoms with Crippen LogP contribution in [0.1, 0.15) is 37.6 Å². The van der Waals surface area contributed by atoms with Gasteiger partial charge >= 0.3 is 11.9 Å². The number of hydrogen-bond acceptors (Lipinski definition) is 6. The summed E-state index contributed by atoms with van der Waals surface area (Å²) in [6, 6.07) is 5.69. The monoisotopic (exact) mass is 310 g/mol. The Morgan fingerprint density at radius 3 is 2.45 bits per heavy atom. The van der Waals surface area contributed by atoms with Crippen molar-refractivity contribution in [2.24, 2.45) is 5.41 Å². The highest BCUT2D eigenvalue weighted by molar-refractivity contribution is 5.89. The highest BCUT2D eigenvalue weighted by atomic mass is 16.6. The first-order chi connectivity index (χ1) is 10.3. The maximum absolute atomic E-state index is 11.7. The fraction of sp³-hybridized carbons (Fsp3) is 0.500. The Bertz CT molecular complexity index is 523. The average molecular weight is 310 g/mol. The third-order valence-corrected chi connectivity index (χ3v) is 3.33. The summed E-state index contributed by atoms with van der Waals surface area (Å²) in [7, 11) is 0. The number of benzene rings is 1. The van der Waals surface area contributed by atoms with Crippen molar-refractivity contribution in [3.63, 3.8) is 0 Å². The summed E-state index contributed by atoms with van der Waals surface area (Å²) in [5.41, 5.74) is -0.436. The third-order valence-electron chi connectivity index (χ3n) is 3.33. The van der Waals surface area contributed by atoms with Gasteiger partial charge in [0.1, 0.15) is 25.1 Å². The third kappa shape index (κ3) is 5.37. The summed E-state index contributed by atoms with van der Waals surface area (Å²) < 4.78 is 9.89. The molecule has 0 fully saturated rings. The summed E-state index contributed by atoms with van der Waals surface area (Å²) in [5, 5.41) is 19.0. The zero-order valence-corrected chi connectivity index (χ0v) is 13.0. The van der Waals surface area contributed by atoms with Crippen molar-refractivity contribution in [3.05, 3.63) is 29.8 Å². The quantitative estimate of drug-likeness (QED) is 0.747. The lowest BCUT2D eigenvalue weighted by Gasteiger charge is -2.21. The zero-order chi connectivity index (χ0) is 16.8. The molecular formula is C16H22O6. The smallest absolute Gasteiger partial charge is 0.338 e. The predicted molar refractivity (Wildman–Crippen MR) is 79.4 cm³/mol. The molecule has 0 bridgehead atoms. The number of esters is 2. The van der Waals surface area contributed by atoms with Crippen molar-refractivity contribution in [1.82, 2.24) is 0 Å². The van der Waals surface area contributed by atoms with E-state index in [4.69, 9.17) is 9.47 Å². The Balaban J connectivity index is 2.39. The van der Waals surface area contributed by atoms with Gasteiger partial charge in [0.25, 0.3) is 0 Å². The largest absolute Gasteiger partial charge is 0.508 e. The summed E-state index contributed by atoms with van der Waals surface area (Å²) in [6.45, 7) is 4.84. The van der Waals surface area contributed by atoms with E-state index in [1.54, 1.807) is 13.8 Å². The van der Waals surface area contributed by atoms with Gasteiger partial charge in [-0.3, -0.25) is 4.79 Å². The van der Waals surface area contributed by atoms with E-state index in [-0.39, 0.29) is 24.5 Å². The molecule has 0 heterocycles. The molecule has 0 saturated heterocycles. The number of carbonyl (C=O) groups excluding carboxylic acids is 2. The molecule has 2 N–H and O–H groups in total. The molecule has 0 spiro atoms. The van der Waals surface area contributed by atoms with Gasteiger partial charge in [-0.15, -0.1) is 0 Å². The van der Waals surface area contributed by atoms with Crippen LogP contribution in [0.2, 0.25) is 0 Å². The fourth-order valence-electron chi connectivity index (χ4n) is 1.45. The number of phenolic OH excluding ortho intramolecular Hbond substituents is 1. The van der Waals surface area contributed by atoms with E-state index in [9.17, 15) is 19.8 Å². The van der Waals surface area contributed by atoms with E-state index < -0.39 is 23.5 Å². The second kappa shape index (κ2) is 7.79. The van der Waals surface area contributed by atoms with Crippen LogP contribution in [0.4, 0.5) is 0 Å². The van der Waals surface area contributed by atoms with Crippen molar-refractivity contribution < 1.29 is 29.3 Å². The number of phenols is 1. The highest BCUT2D eigenvalue weighted by Gasteiger charge is 2.27. The summed E-state index contributed by atoms with van der Waals surface area (Å²) in [4.78, 5) is 23.4. The number of aliphatic hydroxyl groups excluding tert-OH is 1. The van der Waals surface area contributed by atoms with E-state index in [0.717, 1.165) is 0 Å². The standard InChI is InChI=1S/C16H22O6/c1-4-16(2,3)15(20)22-10-13(18)9-21-14(19)11-6-5-7-12(17)8-11/h5-8,13,17-18H,4,9-10H2,1-3H3. The molecule has 0 saturated carbocycles. The van der Waals surface area contributed by atoms with Gasteiger partial charge in [-0.2, -0.15) is 0 Å². The molecule has 1 atom stereocenters. The first-order valence-electron chi connectivity index (χ1n) is 7.07. The van der Waals surface area contributed by atoms with Crippen molar-refractivity contribution in [3.8, 4) is 5.75 Å². The van der Waals surface area contributed by atoms with Crippen LogP contribution in [0, 0.1) is 5.41 Å². The second-order valence-electron chi connectivity index (χ2n) is 5.64. The number of ether oxygens (including phenoxy) is 2. The lowest BCUT2D eigenvalue weighted by atomic mass is 9.91. The molecule has 22 heavy (non-hydrogen) atoms. The minimum atomic E-state index is -1.10. The van der Waals surface area contributed by atoms with Crippen LogP contribution in [0.5, 0.6) is 5.75 Å². The van der Waals surface area contributed by atoms with Crippen molar-refractivity contribution >= 4 is 11.9 Å². The minimum Gasteiger partial charge on any atom is -0.508 e. The zero-order valence-electron chi connectivity index (χ0n) is 13.0. The molecule has 6 heteroatoms. The molecule has 6 nitrogen and oxygen atoms in total. The van der Waals surface area contributed by atoms with Crippen LogP contribution < -0.4 is 0 Å². The Labute approximate surface area is 129 Å². The van der Waals surface area contributed by atoms with Crippen LogP contribution >= 0.6 is 0 Å². The lowest BCUT2D eigenvalue weighted by Crippen LogP contribution is -2.31. The Morgan fingerprint density at radius 1 is 1.23 bits per heavy atom. The van der Waals surface area contributed by atoms with Gasteiger partial charge < -0.3 is 19.7 Å². The molecule has 0 aliphatic heterocycles. The predicted octanol–water partition coefficient (Wildman–Crippen LogP) is 1.89. The van der Waals surface area contributed by atoms with Gasteiger partial charge in [0, 0.05) is 0 Å². The van der Waals surface area contributed by atoms with Crippen molar-refractivity contribution in [2.45, 2.75) is 33.3 Å². The maximum Gasteiger partial charge on any atom is 0.338 e. The minimum absolute atomic E-state index is 0.0503. The van der Waals surface area contributed by atoms with Crippen molar-refractivity contribution in [1.29, 1.82) is 0 Å². The van der Waals surface area contributed by atoms with Gasteiger partial charge in [-0.25, -0.2) is 4.79 Å². The summed E-state index contributed by atoms with van der Waals surface area (Å²) in [5.74, 6) is -1.13. The van der Waals surface area contributed by atoms with E-state index in [1.165, 1.54) is 24.3 Å². The molecule has 1 rings (SSSR count). The van der Waals surface area contributed by atoms with E-state index >= 15 is 0 Å². The van der Waals surface area contributed by atoms with Crippen LogP contribution in [0.15, 0.2) is 24.3 Å². The molecule has 0 radical (unpaired) electrons. The van der Waals surface area contributed by atoms with E-state index in [2.05, 4.69) is 0 Å². The number of aromatic hydroxyl groups is 1. The normalized spacial score (nSPS) is 12.5. The second-order valence-corrected chi connectivity index (χ2v) is 5.64. The summed E-state index contributed by atoms with van der Waals surface area (Å²) in [6.07, 6.45) is -0.480. The van der Waals surface area contributed by atoms with Crippen LogP contribution in [0.25, 0.3) is 0 Å². The van der Waals surface area contributed by atoms with Crippen LogP contribution in [-0.2, 0) is 14.3 Å². The first kappa shape index (κ1) is 18.0. The Kier molecular flexibility index (Phi) is 6.37. The number of rotatable bonds is 7. The molecular weight excluding hydrogens is 288 g/mol. The molecule has 0 aliphatic rings. The lowest BCUT2D eigenvalue weighted by molar-refractivity contribution is -0.157. The van der Waals surface area contributed by atoms with Gasteiger partial charge in [-0.1, -0.05) is 13.0 Å². The highest BCUT2D eigenvalue weighted by Crippen LogP contribution is 2.21. The van der Waals surface area contributed by atoms with Gasteiger partial charge in [0.05, 0.1) is 11.0 Å². The maximum atomic E-state index is 11.7. The van der Waals surface area contributed by atoms with Gasteiger partial charge in [-0.05, 0) is 38.5 Å². The molecule has 0 aromatic heterocycles. The molecule has 0 aliphatic carbocycles. The van der Waals surface area contributed by atoms with Crippen molar-refractivity contribution in [2.75, 3.05) is 13.2 Å². The fourth-order valence-corrected chi connectivity index (χ4v) is 1.45. The van der Waals surface area contributed by atoms with E-state index in [0.29, 0.717) is 6.42 Å². The number of aliphatic hydroxyl groups is 1. The molecule has 1 aromatic carbocycles. The van der Waals surface area contributed by atoms with Gasteiger partial charge in [0.15, 0.2) is 0 Å². The SMILES string of the molecule is CCC(C)(C)C(=O)OCC(O)COC(=O)c1cccc(O)c1. The topological polar surface area (TPSA) is 93.1 Å². The molecule has 1 unspecified atom stereocenters. The first-order valence-corrected chi connectivity index (χ1v) is 7.07. The van der Waals surface area contributed by atoms with Crippen LogP contribution in [0.3, 0.4) is 0 Å². The van der Waals surface area contributed by atoms with Crippen LogP contribution in [-0.4, -0.2) is 41.5 Å². The molecule has 1 aromatic rings. The Morgan fingerprint density at radius 2 is 1.86 bits per heavy atom. The average Bonchev–Trinajstić information content (AvgIpc) is 2.49. The molecule has 0 amide bonds. The number of hydrogen-bond donors (Lipinski definition) is 2.